The van der Waals surface area contributed by atoms with Gasteiger partial charge in [0.15, 0.2) is 0 Å². The van der Waals surface area contributed by atoms with Gasteiger partial charge in [0.25, 0.3) is 0 Å². The summed E-state index contributed by atoms with van der Waals surface area (Å²) in [5.74, 6) is -1.03. The van der Waals surface area contributed by atoms with Gasteiger partial charge in [-0.3, -0.25) is 4.79 Å². The van der Waals surface area contributed by atoms with E-state index in [9.17, 15) is 9.59 Å². The summed E-state index contributed by atoms with van der Waals surface area (Å²) in [6.45, 7) is 7.27. The van der Waals surface area contributed by atoms with Crippen molar-refractivity contribution in [2.24, 2.45) is 0 Å². The molecule has 0 bridgehead atoms. The first-order chi connectivity index (χ1) is 12.1. The van der Waals surface area contributed by atoms with Gasteiger partial charge >= 0.3 is 35.0 Å². The van der Waals surface area contributed by atoms with Gasteiger partial charge in [-0.1, -0.05) is 103 Å². The molecular weight excluding hydrogens is 337 g/mol. The molecule has 0 saturated heterocycles. The predicted octanol–water partition coefficient (Wildman–Crippen LogP) is 6.74. The maximum absolute atomic E-state index is 11.4. The number of carbonyl (C=O) groups excluding carboxylic acids is 2. The van der Waals surface area contributed by atoms with Gasteiger partial charge in [0.2, 0.25) is 0 Å². The molecule has 0 N–H and O–H groups in total. The van der Waals surface area contributed by atoms with Crippen molar-refractivity contribution in [1.82, 2.24) is 0 Å². The fourth-order valence-electron chi connectivity index (χ4n) is 2.88. The van der Waals surface area contributed by atoms with E-state index >= 15 is 0 Å². The molecule has 0 rings (SSSR count). The van der Waals surface area contributed by atoms with E-state index in [-0.39, 0.29) is 31.5 Å². The van der Waals surface area contributed by atoms with Crippen LogP contribution >= 0.6 is 0 Å². The molecule has 0 aliphatic carbocycles. The first kappa shape index (κ1) is 27.9. The average Bonchev–Trinajstić information content (AvgIpc) is 2.58. The van der Waals surface area contributed by atoms with Crippen LogP contribution in [-0.2, 0) is 14.3 Å². The Bertz CT molecular complexity index is 377. The third-order valence-corrected chi connectivity index (χ3v) is 4.54. The summed E-state index contributed by atoms with van der Waals surface area (Å²) in [5.41, 5.74) is 0.268. The number of ether oxygens (including phenoxy) is 1. The van der Waals surface area contributed by atoms with Crippen LogP contribution in [0.1, 0.15) is 119 Å². The molecule has 0 atom stereocenters. The summed E-state index contributed by atoms with van der Waals surface area (Å²) in [5, 5.41) is 0. The van der Waals surface area contributed by atoms with Crippen molar-refractivity contribution in [3.05, 3.63) is 12.2 Å². The standard InChI is InChI=1S/C22H40O3.Mg.2H/c1-4-5-6-7-8-9-10-11-12-13-14-15-16-17-18-19-21(23)25-22(24)20(2)3;;;/h2,4-19H2,1,3H3;;;/q;+2;2*-1. The molecule has 0 aromatic heterocycles. The largest absolute Gasteiger partial charge is 2.00 e. The number of hydrogen-bond donors (Lipinski definition) is 0. The summed E-state index contributed by atoms with van der Waals surface area (Å²) in [4.78, 5) is 22.6. The van der Waals surface area contributed by atoms with Crippen molar-refractivity contribution in [1.29, 1.82) is 0 Å². The zero-order valence-corrected chi connectivity index (χ0v) is 18.9. The minimum Gasteiger partial charge on any atom is -1.00 e. The van der Waals surface area contributed by atoms with Crippen LogP contribution in [0.5, 0.6) is 0 Å². The number of carbonyl (C=O) groups is 2. The SMILES string of the molecule is C=C(C)C(=O)OC(=O)CCCCCCCCCCCCCCCCC.[H-].[H-].[Mg+2]. The third-order valence-electron chi connectivity index (χ3n) is 4.54. The monoisotopic (exact) mass is 378 g/mol. The first-order valence-corrected chi connectivity index (χ1v) is 10.5. The molecule has 3 nitrogen and oxygen atoms in total. The zero-order valence-electron chi connectivity index (χ0n) is 19.5. The summed E-state index contributed by atoms with van der Waals surface area (Å²) < 4.78 is 4.65. The van der Waals surface area contributed by atoms with Crippen LogP contribution in [-0.4, -0.2) is 35.0 Å². The molecule has 0 fully saturated rings. The molecule has 0 aliphatic heterocycles. The van der Waals surface area contributed by atoms with E-state index in [4.69, 9.17) is 0 Å². The Morgan fingerprint density at radius 2 is 1.08 bits per heavy atom. The molecule has 26 heavy (non-hydrogen) atoms. The maximum Gasteiger partial charge on any atom is 2.00 e. The Morgan fingerprint density at radius 3 is 1.42 bits per heavy atom. The summed E-state index contributed by atoms with van der Waals surface area (Å²) >= 11 is 0. The van der Waals surface area contributed by atoms with Gasteiger partial charge in [0.1, 0.15) is 0 Å². The fraction of sp³-hybridized carbons (Fsp3) is 0.818. The quantitative estimate of drug-likeness (QED) is 0.0925. The van der Waals surface area contributed by atoms with Crippen molar-refractivity contribution < 1.29 is 17.2 Å². The Hall–Kier alpha value is -0.354. The summed E-state index contributed by atoms with van der Waals surface area (Å²) in [6.07, 6.45) is 19.8. The van der Waals surface area contributed by atoms with Crippen LogP contribution in [0, 0.1) is 0 Å². The van der Waals surface area contributed by atoms with E-state index in [1.807, 2.05) is 0 Å². The van der Waals surface area contributed by atoms with Gasteiger partial charge in [-0.2, -0.15) is 0 Å². The van der Waals surface area contributed by atoms with Crippen LogP contribution in [0.4, 0.5) is 0 Å². The fourth-order valence-corrected chi connectivity index (χ4v) is 2.88. The number of unbranched alkanes of at least 4 members (excludes halogenated alkanes) is 14. The Balaban J connectivity index is -0.000000960. The van der Waals surface area contributed by atoms with Gasteiger partial charge in [-0.25, -0.2) is 4.79 Å². The van der Waals surface area contributed by atoms with Crippen LogP contribution in [0.3, 0.4) is 0 Å². The van der Waals surface area contributed by atoms with Crippen molar-refractivity contribution >= 4 is 35.0 Å². The Labute approximate surface area is 180 Å². The van der Waals surface area contributed by atoms with E-state index in [2.05, 4.69) is 18.2 Å². The molecule has 0 saturated carbocycles. The van der Waals surface area contributed by atoms with Crippen molar-refractivity contribution in [3.63, 3.8) is 0 Å². The average molecular weight is 379 g/mol. The molecule has 0 aromatic carbocycles. The molecule has 0 aliphatic rings. The normalized spacial score (nSPS) is 10.2. The molecular formula is C22H42MgO3. The molecule has 4 heteroatoms. The van der Waals surface area contributed by atoms with Gasteiger partial charge < -0.3 is 7.59 Å². The molecule has 0 spiro atoms. The van der Waals surface area contributed by atoms with Gasteiger partial charge in [-0.15, -0.1) is 0 Å². The second-order valence-corrected chi connectivity index (χ2v) is 7.24. The Kier molecular flexibility index (Phi) is 22.5. The predicted molar refractivity (Wildman–Crippen MR) is 113 cm³/mol. The second kappa shape index (κ2) is 21.0. The van der Waals surface area contributed by atoms with E-state index in [1.165, 1.54) is 83.5 Å². The number of hydrogen-bond acceptors (Lipinski definition) is 3. The summed E-state index contributed by atoms with van der Waals surface area (Å²) in [6, 6.07) is 0. The molecule has 0 unspecified atom stereocenters. The number of rotatable bonds is 17. The molecule has 150 valence electrons. The third kappa shape index (κ3) is 20.0. The van der Waals surface area contributed by atoms with E-state index in [1.54, 1.807) is 6.92 Å². The van der Waals surface area contributed by atoms with Gasteiger partial charge in [0.05, 0.1) is 0 Å². The Morgan fingerprint density at radius 1 is 0.731 bits per heavy atom. The van der Waals surface area contributed by atoms with E-state index in [0.29, 0.717) is 6.42 Å². The van der Waals surface area contributed by atoms with E-state index < -0.39 is 11.9 Å². The summed E-state index contributed by atoms with van der Waals surface area (Å²) in [7, 11) is 0. The van der Waals surface area contributed by atoms with Crippen molar-refractivity contribution in [2.45, 2.75) is 117 Å². The van der Waals surface area contributed by atoms with E-state index in [0.717, 1.165) is 12.8 Å². The van der Waals surface area contributed by atoms with Crippen LogP contribution in [0.15, 0.2) is 12.2 Å². The second-order valence-electron chi connectivity index (χ2n) is 7.24. The first-order valence-electron chi connectivity index (χ1n) is 10.5. The van der Waals surface area contributed by atoms with Crippen LogP contribution in [0.25, 0.3) is 0 Å². The molecule has 0 heterocycles. The smallest absolute Gasteiger partial charge is 1.00 e. The van der Waals surface area contributed by atoms with Gasteiger partial charge in [-0.05, 0) is 13.3 Å². The minimum atomic E-state index is -0.606. The molecule has 0 radical (unpaired) electrons. The zero-order chi connectivity index (χ0) is 18.8. The van der Waals surface area contributed by atoms with Crippen molar-refractivity contribution in [2.75, 3.05) is 0 Å². The maximum atomic E-state index is 11.4. The van der Waals surface area contributed by atoms with Crippen molar-refractivity contribution in [3.8, 4) is 0 Å². The molecule has 0 aromatic rings. The topological polar surface area (TPSA) is 43.4 Å². The molecule has 0 amide bonds. The van der Waals surface area contributed by atoms with Crippen LogP contribution < -0.4 is 0 Å². The van der Waals surface area contributed by atoms with Crippen LogP contribution in [0.2, 0.25) is 0 Å². The van der Waals surface area contributed by atoms with Gasteiger partial charge in [0, 0.05) is 12.0 Å². The number of esters is 2. The minimum absolute atomic E-state index is 0.